The normalized spacial score (nSPS) is 23.7. The predicted octanol–water partition coefficient (Wildman–Crippen LogP) is 0.891. The fraction of sp³-hybridized carbons (Fsp3) is 0.250. The molecule has 1 aliphatic rings. The molecule has 96 valence electrons. The molecule has 1 saturated heterocycles. The lowest BCUT2D eigenvalue weighted by molar-refractivity contribution is -0.173. The van der Waals surface area contributed by atoms with Crippen LogP contribution in [0.5, 0.6) is 0 Å². The molecule has 0 aromatic heterocycles. The number of carbonyl (C=O) groups excluding carboxylic acids is 1. The third-order valence-corrected chi connectivity index (χ3v) is 3.63. The minimum Gasteiger partial charge on any atom is -0.459 e. The van der Waals surface area contributed by atoms with E-state index >= 15 is 0 Å². The molecule has 0 radical (unpaired) electrons. The zero-order valence-corrected chi connectivity index (χ0v) is 10.6. The SMILES string of the molecule is C[C@H]1OC(=O)[C@@H]1NS(=O)(=O)/C=C/c1ccccc1. The number of hydrogen-bond acceptors (Lipinski definition) is 4. The van der Waals surface area contributed by atoms with Gasteiger partial charge in [-0.25, -0.2) is 8.42 Å². The number of carbonyl (C=O) groups is 1. The number of sulfonamides is 1. The first-order chi connectivity index (χ1) is 8.48. The number of benzene rings is 1. The van der Waals surface area contributed by atoms with E-state index in [9.17, 15) is 13.2 Å². The van der Waals surface area contributed by atoms with Gasteiger partial charge in [-0.2, -0.15) is 4.72 Å². The van der Waals surface area contributed by atoms with Crippen molar-refractivity contribution in [2.45, 2.75) is 19.1 Å². The minimum absolute atomic E-state index is 0.419. The molecule has 1 aliphatic heterocycles. The van der Waals surface area contributed by atoms with E-state index in [0.29, 0.717) is 0 Å². The molecule has 0 amide bonds. The monoisotopic (exact) mass is 267 g/mol. The fourth-order valence-electron chi connectivity index (χ4n) is 1.54. The standard InChI is InChI=1S/C12H13NO4S/c1-9-11(12(14)17-9)13-18(15,16)8-7-10-5-3-2-4-6-10/h2-9,11,13H,1H3/b8-7+/t9-,11-/m1/s1. The molecule has 1 aromatic rings. The van der Waals surface area contributed by atoms with Crippen LogP contribution in [0, 0.1) is 0 Å². The van der Waals surface area contributed by atoms with Crippen molar-refractivity contribution in [3.8, 4) is 0 Å². The molecule has 2 rings (SSSR count). The van der Waals surface area contributed by atoms with Gasteiger partial charge in [0.1, 0.15) is 6.10 Å². The zero-order chi connectivity index (χ0) is 13.2. The summed E-state index contributed by atoms with van der Waals surface area (Å²) in [5.41, 5.74) is 0.770. The van der Waals surface area contributed by atoms with Crippen LogP contribution in [0.2, 0.25) is 0 Å². The second-order valence-electron chi connectivity index (χ2n) is 4.00. The lowest BCUT2D eigenvalue weighted by Gasteiger charge is -2.31. The molecule has 0 aliphatic carbocycles. The number of hydrogen-bond donors (Lipinski definition) is 1. The first-order valence-electron chi connectivity index (χ1n) is 5.44. The van der Waals surface area contributed by atoms with Crippen LogP contribution in [0.4, 0.5) is 0 Å². The molecule has 0 saturated carbocycles. The zero-order valence-electron chi connectivity index (χ0n) is 9.74. The van der Waals surface area contributed by atoms with E-state index in [-0.39, 0.29) is 0 Å². The molecule has 18 heavy (non-hydrogen) atoms. The van der Waals surface area contributed by atoms with Gasteiger partial charge in [0.15, 0.2) is 6.04 Å². The van der Waals surface area contributed by atoms with E-state index in [0.717, 1.165) is 11.0 Å². The summed E-state index contributed by atoms with van der Waals surface area (Å²) in [4.78, 5) is 11.0. The Bertz CT molecular complexity index is 565. The van der Waals surface area contributed by atoms with Crippen molar-refractivity contribution in [3.63, 3.8) is 0 Å². The van der Waals surface area contributed by atoms with Crippen LogP contribution in [-0.2, 0) is 19.6 Å². The van der Waals surface area contributed by atoms with Crippen LogP contribution in [0.3, 0.4) is 0 Å². The fourth-order valence-corrected chi connectivity index (χ4v) is 2.59. The molecule has 1 aromatic carbocycles. The summed E-state index contributed by atoms with van der Waals surface area (Å²) in [5.74, 6) is -0.542. The van der Waals surface area contributed by atoms with Gasteiger partial charge in [-0.1, -0.05) is 30.3 Å². The molecule has 1 fully saturated rings. The summed E-state index contributed by atoms with van der Waals surface area (Å²) in [7, 11) is -3.64. The maximum absolute atomic E-state index is 11.7. The van der Waals surface area contributed by atoms with Gasteiger partial charge in [0.25, 0.3) is 0 Å². The van der Waals surface area contributed by atoms with E-state index in [2.05, 4.69) is 9.46 Å². The smallest absolute Gasteiger partial charge is 0.328 e. The third kappa shape index (κ3) is 2.96. The van der Waals surface area contributed by atoms with Crippen molar-refractivity contribution in [2.24, 2.45) is 0 Å². The van der Waals surface area contributed by atoms with Crippen LogP contribution in [0.25, 0.3) is 6.08 Å². The van der Waals surface area contributed by atoms with E-state index < -0.39 is 28.1 Å². The van der Waals surface area contributed by atoms with E-state index in [1.165, 1.54) is 6.08 Å². The van der Waals surface area contributed by atoms with Crippen molar-refractivity contribution in [2.75, 3.05) is 0 Å². The van der Waals surface area contributed by atoms with Crippen LogP contribution in [0.15, 0.2) is 35.7 Å². The highest BCUT2D eigenvalue weighted by Gasteiger charge is 2.41. The molecule has 1 heterocycles. The topological polar surface area (TPSA) is 72.5 Å². The maximum Gasteiger partial charge on any atom is 0.328 e. The Balaban J connectivity index is 2.04. The number of ether oxygens (including phenoxy) is 1. The highest BCUT2D eigenvalue weighted by Crippen LogP contribution is 2.15. The summed E-state index contributed by atoms with van der Waals surface area (Å²) < 4.78 is 30.3. The molecule has 5 nitrogen and oxygen atoms in total. The Hall–Kier alpha value is -1.66. The minimum atomic E-state index is -3.64. The van der Waals surface area contributed by atoms with Crippen molar-refractivity contribution in [1.82, 2.24) is 4.72 Å². The molecule has 0 unspecified atom stereocenters. The summed E-state index contributed by atoms with van der Waals surface area (Å²) >= 11 is 0. The lowest BCUT2D eigenvalue weighted by Crippen LogP contribution is -2.58. The molecule has 0 spiro atoms. The van der Waals surface area contributed by atoms with Gasteiger partial charge in [0, 0.05) is 5.41 Å². The van der Waals surface area contributed by atoms with Crippen LogP contribution in [-0.4, -0.2) is 26.5 Å². The quantitative estimate of drug-likeness (QED) is 0.822. The van der Waals surface area contributed by atoms with Gasteiger partial charge in [-0.3, -0.25) is 4.79 Å². The number of cyclic esters (lactones) is 1. The Kier molecular flexibility index (Phi) is 3.49. The van der Waals surface area contributed by atoms with Gasteiger partial charge in [0.2, 0.25) is 10.0 Å². The Labute approximate surface area is 106 Å². The summed E-state index contributed by atoms with van der Waals surface area (Å²) in [6.07, 6.45) is 1.05. The Morgan fingerprint density at radius 2 is 1.94 bits per heavy atom. The molecule has 1 N–H and O–H groups in total. The van der Waals surface area contributed by atoms with Crippen molar-refractivity contribution in [1.29, 1.82) is 0 Å². The summed E-state index contributed by atoms with van der Waals surface area (Å²) in [6.45, 7) is 1.63. The van der Waals surface area contributed by atoms with Crippen LogP contribution < -0.4 is 4.72 Å². The van der Waals surface area contributed by atoms with E-state index in [4.69, 9.17) is 0 Å². The van der Waals surface area contributed by atoms with Crippen LogP contribution in [0.1, 0.15) is 12.5 Å². The van der Waals surface area contributed by atoms with E-state index in [1.807, 2.05) is 18.2 Å². The first-order valence-corrected chi connectivity index (χ1v) is 6.98. The van der Waals surface area contributed by atoms with Gasteiger partial charge in [0.05, 0.1) is 0 Å². The van der Waals surface area contributed by atoms with Crippen molar-refractivity contribution < 1.29 is 17.9 Å². The van der Waals surface area contributed by atoms with Gasteiger partial charge in [-0.05, 0) is 18.6 Å². The highest BCUT2D eigenvalue weighted by molar-refractivity contribution is 7.92. The number of esters is 1. The average molecular weight is 267 g/mol. The second-order valence-corrected chi connectivity index (χ2v) is 5.59. The highest BCUT2D eigenvalue weighted by atomic mass is 32.2. The molecule has 0 bridgehead atoms. The first kappa shape index (κ1) is 12.8. The number of nitrogens with one attached hydrogen (secondary N) is 1. The third-order valence-electron chi connectivity index (χ3n) is 2.56. The number of rotatable bonds is 4. The predicted molar refractivity (Wildman–Crippen MR) is 66.9 cm³/mol. The maximum atomic E-state index is 11.7. The molecule has 2 atom stereocenters. The van der Waals surface area contributed by atoms with Gasteiger partial charge < -0.3 is 4.74 Å². The van der Waals surface area contributed by atoms with Gasteiger partial charge in [-0.15, -0.1) is 0 Å². The summed E-state index contributed by atoms with van der Waals surface area (Å²) in [5, 5.41) is 1.04. The average Bonchev–Trinajstić information content (AvgIpc) is 2.36. The van der Waals surface area contributed by atoms with Crippen molar-refractivity contribution >= 4 is 22.1 Å². The second kappa shape index (κ2) is 4.91. The largest absolute Gasteiger partial charge is 0.459 e. The molecule has 6 heteroatoms. The Morgan fingerprint density at radius 1 is 1.28 bits per heavy atom. The van der Waals surface area contributed by atoms with Gasteiger partial charge >= 0.3 is 5.97 Å². The van der Waals surface area contributed by atoms with E-state index in [1.54, 1.807) is 19.1 Å². The summed E-state index contributed by atoms with van der Waals surface area (Å²) in [6, 6.07) is 8.25. The van der Waals surface area contributed by atoms with Crippen LogP contribution >= 0.6 is 0 Å². The van der Waals surface area contributed by atoms with Crippen molar-refractivity contribution in [3.05, 3.63) is 41.3 Å². The Morgan fingerprint density at radius 3 is 2.50 bits per heavy atom. The molecular weight excluding hydrogens is 254 g/mol. The lowest BCUT2D eigenvalue weighted by atomic mass is 10.1. The molecular formula is C12H13NO4S.